The van der Waals surface area contributed by atoms with Crippen molar-refractivity contribution < 1.29 is 18.0 Å². The summed E-state index contributed by atoms with van der Waals surface area (Å²) in [4.78, 5) is 11.6. The highest BCUT2D eigenvalue weighted by atomic mass is 35.5. The lowest BCUT2D eigenvalue weighted by molar-refractivity contribution is -0.137. The van der Waals surface area contributed by atoms with E-state index in [0.29, 0.717) is 5.56 Å². The minimum Gasteiger partial charge on any atom is -0.346 e. The van der Waals surface area contributed by atoms with E-state index in [-0.39, 0.29) is 16.0 Å². The molecule has 0 atom stereocenters. The molecule has 2 aromatic rings. The predicted molar refractivity (Wildman–Crippen MR) is 67.5 cm³/mol. The molecule has 4 nitrogen and oxygen atoms in total. The molecule has 106 valence electrons. The van der Waals surface area contributed by atoms with Gasteiger partial charge >= 0.3 is 6.18 Å². The van der Waals surface area contributed by atoms with E-state index in [1.54, 1.807) is 0 Å². The Morgan fingerprint density at radius 3 is 2.40 bits per heavy atom. The van der Waals surface area contributed by atoms with E-state index in [1.165, 1.54) is 12.1 Å². The van der Waals surface area contributed by atoms with E-state index in [4.69, 9.17) is 11.6 Å². The van der Waals surface area contributed by atoms with Crippen LogP contribution in [-0.2, 0) is 12.7 Å². The third kappa shape index (κ3) is 3.67. The summed E-state index contributed by atoms with van der Waals surface area (Å²) < 4.78 is 37.2. The van der Waals surface area contributed by atoms with Gasteiger partial charge in [-0.05, 0) is 29.3 Å². The monoisotopic (exact) mass is 321 g/mol. The fourth-order valence-electron chi connectivity index (χ4n) is 1.37. The normalized spacial score (nSPS) is 11.4. The average Bonchev–Trinajstić information content (AvgIpc) is 2.82. The van der Waals surface area contributed by atoms with E-state index >= 15 is 0 Å². The zero-order valence-corrected chi connectivity index (χ0v) is 11.3. The van der Waals surface area contributed by atoms with Gasteiger partial charge in [0.15, 0.2) is 0 Å². The van der Waals surface area contributed by atoms with Gasteiger partial charge in [-0.3, -0.25) is 4.79 Å². The van der Waals surface area contributed by atoms with Crippen LogP contribution in [0.4, 0.5) is 13.2 Å². The summed E-state index contributed by atoms with van der Waals surface area (Å²) in [6, 6.07) is 4.53. The van der Waals surface area contributed by atoms with Crippen molar-refractivity contribution in [2.24, 2.45) is 0 Å². The highest BCUT2D eigenvalue weighted by molar-refractivity contribution is 7.17. The molecule has 1 aromatic carbocycles. The van der Waals surface area contributed by atoms with Gasteiger partial charge in [-0.1, -0.05) is 23.5 Å². The molecular weight excluding hydrogens is 315 g/mol. The summed E-state index contributed by atoms with van der Waals surface area (Å²) >= 11 is 6.46. The van der Waals surface area contributed by atoms with E-state index < -0.39 is 17.6 Å². The van der Waals surface area contributed by atoms with Gasteiger partial charge in [0.05, 0.1) is 5.56 Å². The highest BCUT2D eigenvalue weighted by Crippen LogP contribution is 2.29. The molecule has 0 aliphatic heterocycles. The second-order valence-electron chi connectivity index (χ2n) is 3.74. The van der Waals surface area contributed by atoms with Gasteiger partial charge in [-0.15, -0.1) is 10.2 Å². The molecule has 0 unspecified atom stereocenters. The number of amides is 1. The van der Waals surface area contributed by atoms with E-state index in [0.717, 1.165) is 23.5 Å². The van der Waals surface area contributed by atoms with Crippen LogP contribution in [0.1, 0.15) is 20.9 Å². The summed E-state index contributed by atoms with van der Waals surface area (Å²) in [6.45, 7) is 0.0914. The molecule has 0 aliphatic rings. The van der Waals surface area contributed by atoms with Gasteiger partial charge in [0.1, 0.15) is 0 Å². The molecule has 2 rings (SSSR count). The maximum atomic E-state index is 12.4. The summed E-state index contributed by atoms with van der Waals surface area (Å²) in [5.41, 5.74) is -0.189. The first-order valence-electron chi connectivity index (χ1n) is 5.29. The minimum atomic E-state index is -4.37. The van der Waals surface area contributed by atoms with Crippen molar-refractivity contribution in [3.05, 3.63) is 44.9 Å². The molecular formula is C11H7ClF3N3OS. The molecule has 1 heterocycles. The van der Waals surface area contributed by atoms with Crippen LogP contribution in [0.2, 0.25) is 4.47 Å². The lowest BCUT2D eigenvalue weighted by Gasteiger charge is -2.08. The van der Waals surface area contributed by atoms with E-state index in [2.05, 4.69) is 15.5 Å². The van der Waals surface area contributed by atoms with Gasteiger partial charge in [0.25, 0.3) is 5.91 Å². The first kappa shape index (κ1) is 14.7. The standard InChI is InChI=1S/C11H7ClF3N3OS/c12-10-18-17-9(20-10)8(19)16-5-6-1-3-7(4-2-6)11(13,14)15/h1-4H,5H2,(H,16,19). The number of hydrogen-bond donors (Lipinski definition) is 1. The van der Waals surface area contributed by atoms with Crippen molar-refractivity contribution >= 4 is 28.8 Å². The second-order valence-corrected chi connectivity index (χ2v) is 5.30. The number of alkyl halides is 3. The number of halogens is 4. The van der Waals surface area contributed by atoms with Crippen LogP contribution in [0.25, 0.3) is 0 Å². The van der Waals surface area contributed by atoms with Crippen LogP contribution in [0.3, 0.4) is 0 Å². The van der Waals surface area contributed by atoms with Crippen LogP contribution < -0.4 is 5.32 Å². The van der Waals surface area contributed by atoms with Crippen molar-refractivity contribution in [1.82, 2.24) is 15.5 Å². The summed E-state index contributed by atoms with van der Waals surface area (Å²) in [5, 5.41) is 9.64. The zero-order chi connectivity index (χ0) is 14.8. The summed E-state index contributed by atoms with van der Waals surface area (Å²) in [6.07, 6.45) is -4.37. The van der Waals surface area contributed by atoms with Gasteiger partial charge in [-0.25, -0.2) is 0 Å². The topological polar surface area (TPSA) is 54.9 Å². The minimum absolute atomic E-state index is 0.0914. The Morgan fingerprint density at radius 2 is 1.90 bits per heavy atom. The summed E-state index contributed by atoms with van der Waals surface area (Å²) in [5.74, 6) is -0.478. The van der Waals surface area contributed by atoms with Crippen molar-refractivity contribution in [3.63, 3.8) is 0 Å². The zero-order valence-electron chi connectivity index (χ0n) is 9.74. The van der Waals surface area contributed by atoms with Crippen molar-refractivity contribution in [1.29, 1.82) is 0 Å². The molecule has 0 bridgehead atoms. The number of rotatable bonds is 3. The smallest absolute Gasteiger partial charge is 0.346 e. The van der Waals surface area contributed by atoms with Crippen LogP contribution >= 0.6 is 22.9 Å². The lowest BCUT2D eigenvalue weighted by Crippen LogP contribution is -2.22. The molecule has 0 fully saturated rings. The fraction of sp³-hybridized carbons (Fsp3) is 0.182. The number of nitrogens with zero attached hydrogens (tertiary/aromatic N) is 2. The molecule has 1 aromatic heterocycles. The van der Waals surface area contributed by atoms with E-state index in [9.17, 15) is 18.0 Å². The van der Waals surface area contributed by atoms with Crippen LogP contribution in [-0.4, -0.2) is 16.1 Å². The van der Waals surface area contributed by atoms with Crippen molar-refractivity contribution in [3.8, 4) is 0 Å². The molecule has 0 saturated carbocycles. The Labute approximate surface area is 120 Å². The van der Waals surface area contributed by atoms with Gasteiger partial charge in [0, 0.05) is 6.54 Å². The van der Waals surface area contributed by atoms with Crippen molar-refractivity contribution in [2.75, 3.05) is 0 Å². The summed E-state index contributed by atoms with van der Waals surface area (Å²) in [7, 11) is 0. The molecule has 9 heteroatoms. The fourth-order valence-corrected chi connectivity index (χ4v) is 2.11. The van der Waals surface area contributed by atoms with Crippen molar-refractivity contribution in [2.45, 2.75) is 12.7 Å². The highest BCUT2D eigenvalue weighted by Gasteiger charge is 2.29. The SMILES string of the molecule is O=C(NCc1ccc(C(F)(F)F)cc1)c1nnc(Cl)s1. The molecule has 0 spiro atoms. The number of nitrogens with one attached hydrogen (secondary N) is 1. The lowest BCUT2D eigenvalue weighted by atomic mass is 10.1. The Hall–Kier alpha value is -1.67. The largest absolute Gasteiger partial charge is 0.416 e. The van der Waals surface area contributed by atoms with Crippen LogP contribution in [0, 0.1) is 0 Å². The van der Waals surface area contributed by atoms with Gasteiger partial charge in [-0.2, -0.15) is 13.2 Å². The van der Waals surface area contributed by atoms with E-state index in [1.807, 2.05) is 0 Å². The number of aromatic nitrogens is 2. The van der Waals surface area contributed by atoms with Crippen LogP contribution in [0.5, 0.6) is 0 Å². The Bertz CT molecular complexity index is 612. The molecule has 20 heavy (non-hydrogen) atoms. The Morgan fingerprint density at radius 1 is 1.25 bits per heavy atom. The molecule has 1 amide bonds. The maximum absolute atomic E-state index is 12.4. The average molecular weight is 322 g/mol. The van der Waals surface area contributed by atoms with Gasteiger partial charge < -0.3 is 5.32 Å². The number of carbonyl (C=O) groups is 1. The Balaban J connectivity index is 1.96. The first-order valence-corrected chi connectivity index (χ1v) is 6.49. The third-order valence-corrected chi connectivity index (χ3v) is 3.35. The third-order valence-electron chi connectivity index (χ3n) is 2.33. The number of benzene rings is 1. The molecule has 0 saturated heterocycles. The maximum Gasteiger partial charge on any atom is 0.416 e. The van der Waals surface area contributed by atoms with Crippen LogP contribution in [0.15, 0.2) is 24.3 Å². The quantitative estimate of drug-likeness (QED) is 0.945. The molecule has 0 aliphatic carbocycles. The molecule has 0 radical (unpaired) electrons. The Kier molecular flexibility index (Phi) is 4.24. The van der Waals surface area contributed by atoms with Gasteiger partial charge in [0.2, 0.25) is 9.47 Å². The predicted octanol–water partition coefficient (Wildman–Crippen LogP) is 3.14. The molecule has 1 N–H and O–H groups in total. The first-order chi connectivity index (χ1) is 9.36. The number of carbonyl (C=O) groups excluding carboxylic acids is 1. The second kappa shape index (κ2) is 5.76. The number of hydrogen-bond acceptors (Lipinski definition) is 4.